The summed E-state index contributed by atoms with van der Waals surface area (Å²) in [7, 11) is -5.24. The summed E-state index contributed by atoms with van der Waals surface area (Å²) in [4.78, 5) is 11.9. The van der Waals surface area contributed by atoms with Gasteiger partial charge in [0.25, 0.3) is 15.9 Å². The Morgan fingerprint density at radius 1 is 1.00 bits per heavy atom. The molecule has 1 aliphatic heterocycles. The molecule has 3 aromatic rings. The lowest BCUT2D eigenvalue weighted by molar-refractivity contribution is 0.103. The first kappa shape index (κ1) is 22.1. The number of ether oxygens (including phenoxy) is 1. The molecule has 1 aliphatic rings. The van der Waals surface area contributed by atoms with Gasteiger partial charge in [-0.25, -0.2) is 21.1 Å². The van der Waals surface area contributed by atoms with Crippen LogP contribution in [0.15, 0.2) is 58.3 Å². The molecule has 11 heteroatoms. The van der Waals surface area contributed by atoms with Crippen LogP contribution in [0.25, 0.3) is 10.8 Å². The van der Waals surface area contributed by atoms with E-state index in [4.69, 9.17) is 4.74 Å². The summed E-state index contributed by atoms with van der Waals surface area (Å²) in [5.41, 5.74) is 1.00. The lowest BCUT2D eigenvalue weighted by Crippen LogP contribution is -2.23. The molecule has 0 bridgehead atoms. The van der Waals surface area contributed by atoms with Crippen LogP contribution in [-0.2, 0) is 20.0 Å². The van der Waals surface area contributed by atoms with Gasteiger partial charge >= 0.3 is 0 Å². The molecule has 0 unspecified atom stereocenters. The van der Waals surface area contributed by atoms with E-state index in [0.717, 1.165) is 4.31 Å². The highest BCUT2D eigenvalue weighted by Crippen LogP contribution is 2.37. The lowest BCUT2D eigenvalue weighted by atomic mass is 10.1. The SMILES string of the molecule is CCOc1ccc(NS(=O)(=O)c2ccc3c4c(cccc24)C(=O)N3)cc1S(=O)(=O)N(C)C. The molecule has 0 fully saturated rings. The normalized spacial score (nSPS) is 13.4. The fourth-order valence-corrected chi connectivity index (χ4v) is 5.86. The molecule has 3 aromatic carbocycles. The van der Waals surface area contributed by atoms with Crippen LogP contribution in [0, 0.1) is 0 Å². The van der Waals surface area contributed by atoms with Crippen LogP contribution >= 0.6 is 0 Å². The Balaban J connectivity index is 1.80. The van der Waals surface area contributed by atoms with Gasteiger partial charge < -0.3 is 10.1 Å². The molecule has 0 saturated carbocycles. The van der Waals surface area contributed by atoms with Crippen molar-refractivity contribution in [3.63, 3.8) is 0 Å². The van der Waals surface area contributed by atoms with Crippen LogP contribution < -0.4 is 14.8 Å². The van der Waals surface area contributed by atoms with E-state index in [1.54, 1.807) is 25.1 Å². The number of hydrogen-bond donors (Lipinski definition) is 2. The van der Waals surface area contributed by atoms with Crippen molar-refractivity contribution in [2.24, 2.45) is 0 Å². The zero-order valence-electron chi connectivity index (χ0n) is 17.5. The molecule has 0 aliphatic carbocycles. The second-order valence-corrected chi connectivity index (χ2v) is 11.1. The van der Waals surface area contributed by atoms with Crippen LogP contribution in [0.4, 0.5) is 11.4 Å². The topological polar surface area (TPSA) is 122 Å². The standard InChI is InChI=1S/C21H21N3O6S2/c1-4-30-17-10-8-13(12-19(17)32(28,29)24(2)3)23-31(26,27)18-11-9-16-20-14(18)6-5-7-15(20)21(25)22-16/h5-12,23H,4H2,1-3H3,(H,22,25). The van der Waals surface area contributed by atoms with Crippen molar-refractivity contribution >= 4 is 48.1 Å². The van der Waals surface area contributed by atoms with Gasteiger partial charge in [0.15, 0.2) is 0 Å². The van der Waals surface area contributed by atoms with Crippen molar-refractivity contribution in [1.82, 2.24) is 4.31 Å². The maximum atomic E-state index is 13.2. The second-order valence-electron chi connectivity index (χ2n) is 7.28. The van der Waals surface area contributed by atoms with Crippen molar-refractivity contribution in [2.75, 3.05) is 30.7 Å². The number of nitrogens with one attached hydrogen (secondary N) is 2. The molecule has 9 nitrogen and oxygen atoms in total. The van der Waals surface area contributed by atoms with Crippen LogP contribution in [0.1, 0.15) is 17.3 Å². The number of benzene rings is 3. The van der Waals surface area contributed by atoms with Gasteiger partial charge in [0.05, 0.1) is 17.2 Å². The summed E-state index contributed by atoms with van der Waals surface area (Å²) in [6, 6.07) is 11.9. The summed E-state index contributed by atoms with van der Waals surface area (Å²) < 4.78 is 60.8. The number of nitrogens with zero attached hydrogens (tertiary/aromatic N) is 1. The second kappa shape index (κ2) is 7.76. The van der Waals surface area contributed by atoms with Crippen molar-refractivity contribution in [3.8, 4) is 5.75 Å². The minimum atomic E-state index is -4.11. The number of rotatable bonds is 7. The fraction of sp³-hybridized carbons (Fsp3) is 0.190. The summed E-state index contributed by atoms with van der Waals surface area (Å²) in [6.45, 7) is 1.96. The van der Waals surface area contributed by atoms with E-state index in [1.807, 2.05) is 0 Å². The fourth-order valence-electron chi connectivity index (χ4n) is 3.55. The molecule has 0 atom stereocenters. The Morgan fingerprint density at radius 3 is 2.44 bits per heavy atom. The number of hydrogen-bond acceptors (Lipinski definition) is 6. The third kappa shape index (κ3) is 3.57. The third-order valence-corrected chi connectivity index (χ3v) is 8.31. The molecule has 4 rings (SSSR count). The molecule has 0 spiro atoms. The van der Waals surface area contributed by atoms with Crippen LogP contribution in [0.3, 0.4) is 0 Å². The third-order valence-electron chi connectivity index (χ3n) is 5.04. The molecular formula is C21H21N3O6S2. The number of carbonyl (C=O) groups is 1. The molecule has 1 heterocycles. The van der Waals surface area contributed by atoms with Gasteiger partial charge in [-0.05, 0) is 43.3 Å². The van der Waals surface area contributed by atoms with E-state index in [2.05, 4.69) is 10.0 Å². The first-order valence-electron chi connectivity index (χ1n) is 9.65. The summed E-state index contributed by atoms with van der Waals surface area (Å²) in [6.07, 6.45) is 0. The van der Waals surface area contributed by atoms with Crippen molar-refractivity contribution in [2.45, 2.75) is 16.7 Å². The van der Waals surface area contributed by atoms with Gasteiger partial charge in [-0.1, -0.05) is 12.1 Å². The Bertz CT molecular complexity index is 1460. The molecule has 0 aromatic heterocycles. The summed E-state index contributed by atoms with van der Waals surface area (Å²) in [5, 5.41) is 3.63. The van der Waals surface area contributed by atoms with Crippen LogP contribution in [0.5, 0.6) is 5.75 Å². The first-order valence-corrected chi connectivity index (χ1v) is 12.6. The highest BCUT2D eigenvalue weighted by molar-refractivity contribution is 7.93. The van der Waals surface area contributed by atoms with Gasteiger partial charge in [-0.3, -0.25) is 9.52 Å². The lowest BCUT2D eigenvalue weighted by Gasteiger charge is -2.17. The molecular weight excluding hydrogens is 454 g/mol. The molecule has 0 radical (unpaired) electrons. The van der Waals surface area contributed by atoms with Gasteiger partial charge in [-0.15, -0.1) is 0 Å². The number of sulfonamides is 2. The zero-order chi connectivity index (χ0) is 23.3. The quantitative estimate of drug-likeness (QED) is 0.542. The van der Waals surface area contributed by atoms with E-state index < -0.39 is 20.0 Å². The largest absolute Gasteiger partial charge is 0.492 e. The number of anilines is 2. The van der Waals surface area contributed by atoms with Gasteiger partial charge in [0, 0.05) is 36.1 Å². The van der Waals surface area contributed by atoms with Gasteiger partial charge in [0.2, 0.25) is 10.0 Å². The van der Waals surface area contributed by atoms with Crippen molar-refractivity contribution in [3.05, 3.63) is 54.1 Å². The minimum Gasteiger partial charge on any atom is -0.492 e. The summed E-state index contributed by atoms with van der Waals surface area (Å²) >= 11 is 0. The molecule has 32 heavy (non-hydrogen) atoms. The predicted octanol–water partition coefficient (Wildman–Crippen LogP) is 2.86. The van der Waals surface area contributed by atoms with Gasteiger partial charge in [-0.2, -0.15) is 0 Å². The van der Waals surface area contributed by atoms with E-state index >= 15 is 0 Å². The molecule has 1 amide bonds. The maximum absolute atomic E-state index is 13.2. The number of carbonyl (C=O) groups excluding carboxylic acids is 1. The van der Waals surface area contributed by atoms with E-state index in [9.17, 15) is 21.6 Å². The number of amides is 1. The molecule has 0 saturated heterocycles. The average Bonchev–Trinajstić information content (AvgIpc) is 3.06. The van der Waals surface area contributed by atoms with E-state index in [1.165, 1.54) is 44.4 Å². The highest BCUT2D eigenvalue weighted by Gasteiger charge is 2.28. The smallest absolute Gasteiger partial charge is 0.262 e. The minimum absolute atomic E-state index is 0.0273. The molecule has 168 valence electrons. The first-order chi connectivity index (χ1) is 15.1. The Morgan fingerprint density at radius 2 is 1.75 bits per heavy atom. The Kier molecular flexibility index (Phi) is 5.35. The van der Waals surface area contributed by atoms with Crippen LogP contribution in [-0.4, -0.2) is 47.8 Å². The van der Waals surface area contributed by atoms with Crippen molar-refractivity contribution in [1.29, 1.82) is 0 Å². The summed E-state index contributed by atoms with van der Waals surface area (Å²) in [5.74, 6) is -0.169. The van der Waals surface area contributed by atoms with Gasteiger partial charge in [0.1, 0.15) is 10.6 Å². The van der Waals surface area contributed by atoms with Crippen molar-refractivity contribution < 1.29 is 26.4 Å². The van der Waals surface area contributed by atoms with E-state index in [0.29, 0.717) is 22.0 Å². The maximum Gasteiger partial charge on any atom is 0.262 e. The predicted molar refractivity (Wildman–Crippen MR) is 121 cm³/mol. The highest BCUT2D eigenvalue weighted by atomic mass is 32.2. The molecule has 2 N–H and O–H groups in total. The van der Waals surface area contributed by atoms with Crippen LogP contribution in [0.2, 0.25) is 0 Å². The Hall–Kier alpha value is -3.15. The zero-order valence-corrected chi connectivity index (χ0v) is 19.2. The van der Waals surface area contributed by atoms with E-state index in [-0.39, 0.29) is 33.7 Å². The Labute approximate surface area is 186 Å². The average molecular weight is 476 g/mol. The monoisotopic (exact) mass is 475 g/mol.